The number of carbonyl (C=O) groups excluding carboxylic acids is 1. The summed E-state index contributed by atoms with van der Waals surface area (Å²) in [4.78, 5) is 13.0. The smallest absolute Gasteiger partial charge is 0.311 e. The second-order valence-corrected chi connectivity index (χ2v) is 7.11. The molecule has 1 aliphatic rings. The van der Waals surface area contributed by atoms with Crippen LogP contribution in [0.15, 0.2) is 66.7 Å². The largest absolute Gasteiger partial charge is 0.497 e. The highest BCUT2D eigenvalue weighted by atomic mass is 16.5. The predicted molar refractivity (Wildman–Crippen MR) is 111 cm³/mol. The normalized spacial score (nSPS) is 21.6. The van der Waals surface area contributed by atoms with Gasteiger partial charge in [0, 0.05) is 18.5 Å². The van der Waals surface area contributed by atoms with Crippen LogP contribution in [0.3, 0.4) is 0 Å². The first-order valence-corrected chi connectivity index (χ1v) is 9.74. The summed E-state index contributed by atoms with van der Waals surface area (Å²) >= 11 is 0. The van der Waals surface area contributed by atoms with E-state index in [0.29, 0.717) is 6.61 Å². The number of methoxy groups -OCH3 is 1. The Bertz CT molecular complexity index is 962. The van der Waals surface area contributed by atoms with E-state index in [-0.39, 0.29) is 23.8 Å². The lowest BCUT2D eigenvalue weighted by Crippen LogP contribution is -2.27. The standard InChI is InChI=1S/C24H25NO3/c1-3-28-24(26)22-21(20-10-6-8-16-7-4-5-9-19(16)20)15-25-23(22)17-11-13-18(27-2)14-12-17/h4-14,21-23,25H,3,15H2,1-2H3/t21-,22-,23+/m1/s1. The Kier molecular flexibility index (Phi) is 5.31. The summed E-state index contributed by atoms with van der Waals surface area (Å²) < 4.78 is 10.8. The van der Waals surface area contributed by atoms with Gasteiger partial charge in [-0.2, -0.15) is 0 Å². The van der Waals surface area contributed by atoms with Crippen molar-refractivity contribution < 1.29 is 14.3 Å². The molecule has 1 aliphatic heterocycles. The Morgan fingerprint density at radius 3 is 2.54 bits per heavy atom. The van der Waals surface area contributed by atoms with Crippen LogP contribution in [-0.2, 0) is 9.53 Å². The fourth-order valence-corrected chi connectivity index (χ4v) is 4.29. The highest BCUT2D eigenvalue weighted by Gasteiger charge is 2.43. The fourth-order valence-electron chi connectivity index (χ4n) is 4.29. The van der Waals surface area contributed by atoms with Crippen LogP contribution in [0.2, 0.25) is 0 Å². The molecular formula is C24H25NO3. The molecule has 0 aliphatic carbocycles. The van der Waals surface area contributed by atoms with Crippen molar-refractivity contribution in [3.8, 4) is 5.75 Å². The lowest BCUT2D eigenvalue weighted by atomic mass is 9.81. The van der Waals surface area contributed by atoms with Crippen molar-refractivity contribution in [2.75, 3.05) is 20.3 Å². The third-order valence-electron chi connectivity index (χ3n) is 5.61. The van der Waals surface area contributed by atoms with Crippen LogP contribution in [-0.4, -0.2) is 26.2 Å². The number of hydrogen-bond acceptors (Lipinski definition) is 4. The summed E-state index contributed by atoms with van der Waals surface area (Å²) in [5.74, 6) is 0.433. The number of carbonyl (C=O) groups is 1. The lowest BCUT2D eigenvalue weighted by molar-refractivity contribution is -0.148. The van der Waals surface area contributed by atoms with Gasteiger partial charge in [0.05, 0.1) is 19.6 Å². The number of ether oxygens (including phenoxy) is 2. The van der Waals surface area contributed by atoms with Gasteiger partial charge in [-0.05, 0) is 41.0 Å². The van der Waals surface area contributed by atoms with Crippen molar-refractivity contribution in [3.63, 3.8) is 0 Å². The minimum absolute atomic E-state index is 0.0530. The molecule has 4 heteroatoms. The highest BCUT2D eigenvalue weighted by molar-refractivity contribution is 5.87. The summed E-state index contributed by atoms with van der Waals surface area (Å²) in [6.45, 7) is 2.97. The minimum Gasteiger partial charge on any atom is -0.497 e. The van der Waals surface area contributed by atoms with Crippen molar-refractivity contribution >= 4 is 16.7 Å². The molecule has 4 rings (SSSR count). The zero-order chi connectivity index (χ0) is 19.5. The van der Waals surface area contributed by atoms with Gasteiger partial charge in [-0.15, -0.1) is 0 Å². The molecule has 1 heterocycles. The second kappa shape index (κ2) is 8.03. The summed E-state index contributed by atoms with van der Waals surface area (Å²) in [5.41, 5.74) is 2.27. The van der Waals surface area contributed by atoms with Gasteiger partial charge in [-0.3, -0.25) is 4.79 Å². The van der Waals surface area contributed by atoms with Crippen LogP contribution in [0.5, 0.6) is 5.75 Å². The first-order chi connectivity index (χ1) is 13.7. The zero-order valence-electron chi connectivity index (χ0n) is 16.2. The van der Waals surface area contributed by atoms with Gasteiger partial charge >= 0.3 is 5.97 Å². The Balaban J connectivity index is 1.75. The average molecular weight is 375 g/mol. The molecule has 0 spiro atoms. The first-order valence-electron chi connectivity index (χ1n) is 9.74. The Labute approximate surface area is 165 Å². The SMILES string of the molecule is CCOC(=O)[C@@H]1[C@@H](c2cccc3ccccc23)CN[C@H]1c1ccc(OC)cc1. The van der Waals surface area contributed by atoms with Crippen molar-refractivity contribution in [2.24, 2.45) is 5.92 Å². The molecule has 1 N–H and O–H groups in total. The van der Waals surface area contributed by atoms with Crippen molar-refractivity contribution in [2.45, 2.75) is 18.9 Å². The van der Waals surface area contributed by atoms with Crippen LogP contribution in [0, 0.1) is 5.92 Å². The second-order valence-electron chi connectivity index (χ2n) is 7.11. The molecular weight excluding hydrogens is 350 g/mol. The van der Waals surface area contributed by atoms with Crippen molar-refractivity contribution in [3.05, 3.63) is 77.9 Å². The first kappa shape index (κ1) is 18.5. The van der Waals surface area contributed by atoms with E-state index < -0.39 is 0 Å². The monoisotopic (exact) mass is 375 g/mol. The van der Waals surface area contributed by atoms with E-state index in [4.69, 9.17) is 9.47 Å². The molecule has 0 unspecified atom stereocenters. The molecule has 0 saturated carbocycles. The molecule has 0 radical (unpaired) electrons. The Morgan fingerprint density at radius 2 is 1.79 bits per heavy atom. The topological polar surface area (TPSA) is 47.6 Å². The number of rotatable bonds is 5. The zero-order valence-corrected chi connectivity index (χ0v) is 16.2. The summed E-state index contributed by atoms with van der Waals surface area (Å²) in [5, 5.41) is 5.96. The third kappa shape index (κ3) is 3.36. The van der Waals surface area contributed by atoms with Gasteiger partial charge in [-0.1, -0.05) is 54.6 Å². The molecule has 1 saturated heterocycles. The van der Waals surface area contributed by atoms with Gasteiger partial charge in [0.25, 0.3) is 0 Å². The van der Waals surface area contributed by atoms with Gasteiger partial charge in [0.15, 0.2) is 0 Å². The van der Waals surface area contributed by atoms with E-state index in [9.17, 15) is 4.79 Å². The van der Waals surface area contributed by atoms with Crippen molar-refractivity contribution in [1.82, 2.24) is 5.32 Å². The lowest BCUT2D eigenvalue weighted by Gasteiger charge is -2.24. The van der Waals surface area contributed by atoms with Gasteiger partial charge in [-0.25, -0.2) is 0 Å². The molecule has 0 amide bonds. The number of benzene rings is 3. The summed E-state index contributed by atoms with van der Waals surface area (Å²) in [6, 6.07) is 22.5. The molecule has 3 aromatic rings. The van der Waals surface area contributed by atoms with Crippen molar-refractivity contribution in [1.29, 1.82) is 0 Å². The third-order valence-corrected chi connectivity index (χ3v) is 5.61. The number of hydrogen-bond donors (Lipinski definition) is 1. The van der Waals surface area contributed by atoms with Gasteiger partial charge in [0.1, 0.15) is 5.75 Å². The maximum atomic E-state index is 13.0. The van der Waals surface area contributed by atoms with E-state index >= 15 is 0 Å². The van der Waals surface area contributed by atoms with Gasteiger partial charge < -0.3 is 14.8 Å². The Morgan fingerprint density at radius 1 is 1.04 bits per heavy atom. The molecule has 1 fully saturated rings. The quantitative estimate of drug-likeness (QED) is 0.669. The maximum Gasteiger partial charge on any atom is 0.311 e. The number of fused-ring (bicyclic) bond motifs is 1. The fraction of sp³-hybridized carbons (Fsp3) is 0.292. The van der Waals surface area contributed by atoms with Gasteiger partial charge in [0.2, 0.25) is 0 Å². The van der Waals surface area contributed by atoms with Crippen LogP contribution in [0.1, 0.15) is 30.0 Å². The number of esters is 1. The van der Waals surface area contributed by atoms with Crippen LogP contribution >= 0.6 is 0 Å². The van der Waals surface area contributed by atoms with Crippen LogP contribution in [0.4, 0.5) is 0 Å². The number of nitrogens with one attached hydrogen (secondary N) is 1. The van der Waals surface area contributed by atoms with E-state index in [1.807, 2.05) is 37.3 Å². The summed E-state index contributed by atoms with van der Waals surface area (Å²) in [7, 11) is 1.65. The van der Waals surface area contributed by atoms with E-state index in [2.05, 4.69) is 41.7 Å². The highest BCUT2D eigenvalue weighted by Crippen LogP contribution is 2.42. The molecule has 144 valence electrons. The molecule has 4 nitrogen and oxygen atoms in total. The maximum absolute atomic E-state index is 13.0. The average Bonchev–Trinajstić information content (AvgIpc) is 3.18. The van der Waals surface area contributed by atoms with Crippen LogP contribution in [0.25, 0.3) is 10.8 Å². The molecule has 28 heavy (non-hydrogen) atoms. The molecule has 0 aromatic heterocycles. The molecule has 0 bridgehead atoms. The van der Waals surface area contributed by atoms with E-state index in [1.165, 1.54) is 16.3 Å². The molecule has 3 atom stereocenters. The predicted octanol–water partition coefficient (Wildman–Crippen LogP) is 4.46. The summed E-state index contributed by atoms with van der Waals surface area (Å²) in [6.07, 6.45) is 0. The Hall–Kier alpha value is -2.85. The minimum atomic E-state index is -0.279. The van der Waals surface area contributed by atoms with E-state index in [0.717, 1.165) is 17.9 Å². The molecule has 3 aromatic carbocycles. The van der Waals surface area contributed by atoms with E-state index in [1.54, 1.807) is 7.11 Å². The van der Waals surface area contributed by atoms with Crippen LogP contribution < -0.4 is 10.1 Å².